The first-order valence-electron chi connectivity index (χ1n) is 8.65. The second-order valence-corrected chi connectivity index (χ2v) is 7.62. The van der Waals surface area contributed by atoms with Crippen LogP contribution in [0.4, 0.5) is 4.39 Å². The lowest BCUT2D eigenvalue weighted by molar-refractivity contribution is 0.0946. The summed E-state index contributed by atoms with van der Waals surface area (Å²) < 4.78 is 44.9. The topological polar surface area (TPSA) is 75.7 Å². The number of nitrogens with zero attached hydrogens (tertiary/aromatic N) is 1. The Balaban J connectivity index is 1.97. The molecule has 146 valence electrons. The van der Waals surface area contributed by atoms with Gasteiger partial charge in [-0.25, -0.2) is 12.8 Å². The molecule has 0 heterocycles. The number of halogens is 1. The van der Waals surface area contributed by atoms with Crippen molar-refractivity contribution in [1.82, 2.24) is 9.62 Å². The standard InChI is InChI=1S/C19H23FN2O4S/c1-3-22(4-2)27(24,25)18-10-5-7-15(13-18)19(23)21-11-12-26-17-9-6-8-16(20)14-17/h5-10,13-14H,3-4,11-12H2,1-2H3,(H,21,23). The normalized spacial score (nSPS) is 11.4. The average Bonchev–Trinajstić information content (AvgIpc) is 2.66. The highest BCUT2D eigenvalue weighted by atomic mass is 32.2. The van der Waals surface area contributed by atoms with Gasteiger partial charge in [-0.15, -0.1) is 0 Å². The predicted molar refractivity (Wildman–Crippen MR) is 101 cm³/mol. The summed E-state index contributed by atoms with van der Waals surface area (Å²) in [5.41, 5.74) is 0.244. The Kier molecular flexibility index (Phi) is 7.32. The van der Waals surface area contributed by atoms with Gasteiger partial charge in [-0.3, -0.25) is 4.79 Å². The predicted octanol–water partition coefficient (Wildman–Crippen LogP) is 2.67. The molecular formula is C19H23FN2O4S. The molecule has 2 rings (SSSR count). The summed E-state index contributed by atoms with van der Waals surface area (Å²) in [6.45, 7) is 4.58. The number of amides is 1. The van der Waals surface area contributed by atoms with Crippen LogP contribution in [0.5, 0.6) is 5.75 Å². The molecule has 0 aliphatic rings. The number of sulfonamides is 1. The lowest BCUT2D eigenvalue weighted by Gasteiger charge is -2.18. The van der Waals surface area contributed by atoms with Gasteiger partial charge in [-0.2, -0.15) is 4.31 Å². The Bertz CT molecular complexity index is 883. The van der Waals surface area contributed by atoms with E-state index < -0.39 is 21.7 Å². The van der Waals surface area contributed by atoms with Gasteiger partial charge in [0, 0.05) is 24.7 Å². The molecule has 0 saturated carbocycles. The summed E-state index contributed by atoms with van der Waals surface area (Å²) in [5, 5.41) is 2.65. The van der Waals surface area contributed by atoms with E-state index in [-0.39, 0.29) is 23.6 Å². The Hall–Kier alpha value is -2.45. The van der Waals surface area contributed by atoms with Crippen molar-refractivity contribution in [3.63, 3.8) is 0 Å². The van der Waals surface area contributed by atoms with E-state index in [1.54, 1.807) is 26.0 Å². The first kappa shape index (κ1) is 20.9. The molecule has 0 aromatic heterocycles. The summed E-state index contributed by atoms with van der Waals surface area (Å²) in [5.74, 6) is -0.436. The zero-order valence-corrected chi connectivity index (χ0v) is 16.1. The van der Waals surface area contributed by atoms with E-state index in [1.165, 1.54) is 40.7 Å². The van der Waals surface area contributed by atoms with Crippen LogP contribution in [0.3, 0.4) is 0 Å². The van der Waals surface area contributed by atoms with E-state index in [0.717, 1.165) is 0 Å². The number of hydrogen-bond donors (Lipinski definition) is 1. The van der Waals surface area contributed by atoms with Crippen molar-refractivity contribution in [2.45, 2.75) is 18.7 Å². The Labute approximate surface area is 159 Å². The number of hydrogen-bond acceptors (Lipinski definition) is 4. The molecule has 8 heteroatoms. The first-order valence-corrected chi connectivity index (χ1v) is 10.1. The molecule has 1 amide bonds. The van der Waals surface area contributed by atoms with E-state index in [4.69, 9.17) is 4.74 Å². The number of nitrogens with one attached hydrogen (secondary N) is 1. The van der Waals surface area contributed by atoms with Crippen LogP contribution >= 0.6 is 0 Å². The van der Waals surface area contributed by atoms with Crippen molar-refractivity contribution in [3.05, 3.63) is 59.9 Å². The molecule has 0 unspecified atom stereocenters. The van der Waals surface area contributed by atoms with Gasteiger partial charge in [-0.05, 0) is 30.3 Å². The molecule has 0 radical (unpaired) electrons. The van der Waals surface area contributed by atoms with E-state index in [1.807, 2.05) is 0 Å². The summed E-state index contributed by atoms with van der Waals surface area (Å²) >= 11 is 0. The fourth-order valence-corrected chi connectivity index (χ4v) is 4.01. The van der Waals surface area contributed by atoms with Crippen molar-refractivity contribution < 1.29 is 22.3 Å². The highest BCUT2D eigenvalue weighted by Crippen LogP contribution is 2.17. The second-order valence-electron chi connectivity index (χ2n) is 5.68. The van der Waals surface area contributed by atoms with Gasteiger partial charge in [0.1, 0.15) is 18.2 Å². The fourth-order valence-electron chi connectivity index (χ4n) is 2.50. The third-order valence-electron chi connectivity index (χ3n) is 3.89. The van der Waals surface area contributed by atoms with Crippen LogP contribution in [0.2, 0.25) is 0 Å². The molecule has 0 aliphatic heterocycles. The minimum Gasteiger partial charge on any atom is -0.492 e. The molecule has 2 aromatic rings. The van der Waals surface area contributed by atoms with Crippen LogP contribution in [0.15, 0.2) is 53.4 Å². The first-order chi connectivity index (χ1) is 12.9. The van der Waals surface area contributed by atoms with E-state index in [9.17, 15) is 17.6 Å². The summed E-state index contributed by atoms with van der Waals surface area (Å²) in [7, 11) is -3.63. The minimum absolute atomic E-state index is 0.0786. The molecule has 27 heavy (non-hydrogen) atoms. The maximum Gasteiger partial charge on any atom is 0.251 e. The van der Waals surface area contributed by atoms with Crippen molar-refractivity contribution >= 4 is 15.9 Å². The van der Waals surface area contributed by atoms with Crippen molar-refractivity contribution in [1.29, 1.82) is 0 Å². The second kappa shape index (κ2) is 9.48. The van der Waals surface area contributed by atoms with Crippen LogP contribution < -0.4 is 10.1 Å². The Morgan fingerprint density at radius 2 is 1.81 bits per heavy atom. The molecule has 0 saturated heterocycles. The largest absolute Gasteiger partial charge is 0.492 e. The van der Waals surface area contributed by atoms with E-state index >= 15 is 0 Å². The molecule has 0 atom stereocenters. The van der Waals surface area contributed by atoms with Gasteiger partial charge < -0.3 is 10.1 Å². The zero-order valence-electron chi connectivity index (χ0n) is 15.3. The van der Waals surface area contributed by atoms with Crippen molar-refractivity contribution in [2.24, 2.45) is 0 Å². The van der Waals surface area contributed by atoms with Gasteiger partial charge in [0.15, 0.2) is 0 Å². The Morgan fingerprint density at radius 1 is 1.11 bits per heavy atom. The number of carbonyl (C=O) groups excluding carboxylic acids is 1. The van der Waals surface area contributed by atoms with E-state index in [2.05, 4.69) is 5.32 Å². The quantitative estimate of drug-likeness (QED) is 0.664. The maximum atomic E-state index is 13.1. The lowest BCUT2D eigenvalue weighted by atomic mass is 10.2. The lowest BCUT2D eigenvalue weighted by Crippen LogP contribution is -2.31. The number of ether oxygens (including phenoxy) is 1. The Morgan fingerprint density at radius 3 is 2.48 bits per heavy atom. The van der Waals surface area contributed by atoms with Crippen LogP contribution in [0.25, 0.3) is 0 Å². The highest BCUT2D eigenvalue weighted by molar-refractivity contribution is 7.89. The van der Waals surface area contributed by atoms with Gasteiger partial charge in [-0.1, -0.05) is 26.0 Å². The number of carbonyl (C=O) groups is 1. The van der Waals surface area contributed by atoms with Gasteiger partial charge >= 0.3 is 0 Å². The van der Waals surface area contributed by atoms with Crippen molar-refractivity contribution in [2.75, 3.05) is 26.2 Å². The molecule has 0 bridgehead atoms. The molecule has 0 fully saturated rings. The third-order valence-corrected chi connectivity index (χ3v) is 5.94. The molecule has 2 aromatic carbocycles. The smallest absolute Gasteiger partial charge is 0.251 e. The average molecular weight is 394 g/mol. The number of benzene rings is 2. The molecular weight excluding hydrogens is 371 g/mol. The summed E-state index contributed by atoms with van der Waals surface area (Å²) in [6.07, 6.45) is 0. The maximum absolute atomic E-state index is 13.1. The molecule has 0 spiro atoms. The van der Waals surface area contributed by atoms with Crippen LogP contribution in [-0.4, -0.2) is 44.9 Å². The van der Waals surface area contributed by atoms with Gasteiger partial charge in [0.2, 0.25) is 10.0 Å². The van der Waals surface area contributed by atoms with Gasteiger partial charge in [0.05, 0.1) is 11.4 Å². The summed E-state index contributed by atoms with van der Waals surface area (Å²) in [6, 6.07) is 11.6. The van der Waals surface area contributed by atoms with Crippen LogP contribution in [0, 0.1) is 5.82 Å². The SMILES string of the molecule is CCN(CC)S(=O)(=O)c1cccc(C(=O)NCCOc2cccc(F)c2)c1. The van der Waals surface area contributed by atoms with Crippen LogP contribution in [0.1, 0.15) is 24.2 Å². The molecule has 6 nitrogen and oxygen atoms in total. The summed E-state index contributed by atoms with van der Waals surface area (Å²) in [4.78, 5) is 12.3. The monoisotopic (exact) mass is 394 g/mol. The number of rotatable bonds is 9. The van der Waals surface area contributed by atoms with Crippen molar-refractivity contribution in [3.8, 4) is 5.75 Å². The highest BCUT2D eigenvalue weighted by Gasteiger charge is 2.22. The van der Waals surface area contributed by atoms with E-state index in [0.29, 0.717) is 18.8 Å². The third kappa shape index (κ3) is 5.51. The zero-order chi connectivity index (χ0) is 19.9. The minimum atomic E-state index is -3.63. The van der Waals surface area contributed by atoms with Gasteiger partial charge in [0.25, 0.3) is 5.91 Å². The molecule has 1 N–H and O–H groups in total. The van der Waals surface area contributed by atoms with Crippen LogP contribution in [-0.2, 0) is 10.0 Å². The fraction of sp³-hybridized carbons (Fsp3) is 0.316. The molecule has 0 aliphatic carbocycles.